The largest absolute Gasteiger partial charge is 0.368 e. The molecular formula is C22H30N6OS. The van der Waals surface area contributed by atoms with Crippen LogP contribution in [0, 0.1) is 0 Å². The highest BCUT2D eigenvalue weighted by Crippen LogP contribution is 2.22. The Balaban J connectivity index is 1.21. The van der Waals surface area contributed by atoms with E-state index < -0.39 is 0 Å². The van der Waals surface area contributed by atoms with Gasteiger partial charge >= 0.3 is 0 Å². The molecule has 1 N–H and O–H groups in total. The van der Waals surface area contributed by atoms with Crippen molar-refractivity contribution in [3.05, 3.63) is 47.8 Å². The second-order valence-corrected chi connectivity index (χ2v) is 8.46. The molecule has 1 aromatic carbocycles. The zero-order chi connectivity index (χ0) is 20.8. The number of nitrogens with one attached hydrogen (secondary N) is 1. The van der Waals surface area contributed by atoms with Crippen LogP contribution in [0.1, 0.15) is 0 Å². The van der Waals surface area contributed by atoms with Gasteiger partial charge in [-0.15, -0.1) is 11.3 Å². The average Bonchev–Trinajstić information content (AvgIpc) is 3.35. The molecule has 2 aliphatic rings. The number of carbonyl (C=O) groups excluding carboxylic acids is 1. The summed E-state index contributed by atoms with van der Waals surface area (Å²) in [7, 11) is 1.79. The zero-order valence-electron chi connectivity index (χ0n) is 17.5. The van der Waals surface area contributed by atoms with E-state index in [1.807, 2.05) is 11.0 Å². The van der Waals surface area contributed by atoms with Gasteiger partial charge in [-0.3, -0.25) is 9.79 Å². The number of aliphatic imine (C=N–C) groups is 1. The minimum atomic E-state index is 0.140. The van der Waals surface area contributed by atoms with Gasteiger partial charge in [0.15, 0.2) is 5.96 Å². The Bertz CT molecular complexity index is 825. The van der Waals surface area contributed by atoms with Crippen molar-refractivity contribution in [3.63, 3.8) is 0 Å². The van der Waals surface area contributed by atoms with Crippen LogP contribution in [0.4, 0.5) is 10.7 Å². The number of benzene rings is 1. The highest BCUT2D eigenvalue weighted by Gasteiger charge is 2.23. The Labute approximate surface area is 182 Å². The number of piperazine rings is 2. The Kier molecular flexibility index (Phi) is 6.74. The maximum absolute atomic E-state index is 12.7. The molecule has 30 heavy (non-hydrogen) atoms. The lowest BCUT2D eigenvalue weighted by Crippen LogP contribution is -2.55. The van der Waals surface area contributed by atoms with Crippen molar-refractivity contribution < 1.29 is 4.79 Å². The lowest BCUT2D eigenvalue weighted by Gasteiger charge is -2.38. The SMILES string of the molecule is CN=C(NCC(=O)N1CCN(c2ccccc2)CC1)N1CCN(c2cccs2)CC1. The van der Waals surface area contributed by atoms with Crippen LogP contribution in [0.2, 0.25) is 0 Å². The summed E-state index contributed by atoms with van der Waals surface area (Å²) in [5.41, 5.74) is 1.23. The molecule has 4 rings (SSSR count). The number of nitrogens with zero attached hydrogens (tertiary/aromatic N) is 5. The average molecular weight is 427 g/mol. The quantitative estimate of drug-likeness (QED) is 0.597. The number of guanidine groups is 1. The van der Waals surface area contributed by atoms with Crippen molar-refractivity contribution in [1.82, 2.24) is 15.1 Å². The van der Waals surface area contributed by atoms with Crippen molar-refractivity contribution in [3.8, 4) is 0 Å². The van der Waals surface area contributed by atoms with Gasteiger partial charge in [-0.25, -0.2) is 0 Å². The molecule has 0 radical (unpaired) electrons. The lowest BCUT2D eigenvalue weighted by molar-refractivity contribution is -0.130. The first-order valence-electron chi connectivity index (χ1n) is 10.6. The lowest BCUT2D eigenvalue weighted by atomic mass is 10.2. The molecule has 0 aliphatic carbocycles. The van der Waals surface area contributed by atoms with Crippen molar-refractivity contribution in [2.24, 2.45) is 4.99 Å². The van der Waals surface area contributed by atoms with Crippen LogP contribution in [-0.2, 0) is 4.79 Å². The van der Waals surface area contributed by atoms with Crippen LogP contribution >= 0.6 is 11.3 Å². The molecule has 1 amide bonds. The first-order chi connectivity index (χ1) is 14.7. The maximum Gasteiger partial charge on any atom is 0.242 e. The molecular weight excluding hydrogens is 396 g/mol. The zero-order valence-corrected chi connectivity index (χ0v) is 18.4. The minimum absolute atomic E-state index is 0.140. The number of carbonyl (C=O) groups is 1. The summed E-state index contributed by atoms with van der Waals surface area (Å²) >= 11 is 1.78. The van der Waals surface area contributed by atoms with Crippen LogP contribution in [0.25, 0.3) is 0 Å². The van der Waals surface area contributed by atoms with E-state index >= 15 is 0 Å². The molecule has 3 heterocycles. The summed E-state index contributed by atoms with van der Waals surface area (Å²) in [5.74, 6) is 0.957. The van der Waals surface area contributed by atoms with Crippen molar-refractivity contribution in [2.45, 2.75) is 0 Å². The minimum Gasteiger partial charge on any atom is -0.368 e. The highest BCUT2D eigenvalue weighted by atomic mass is 32.1. The van der Waals surface area contributed by atoms with Gasteiger partial charge in [0.05, 0.1) is 11.5 Å². The molecule has 1 aromatic heterocycles. The van der Waals surface area contributed by atoms with E-state index in [1.165, 1.54) is 10.7 Å². The molecule has 0 spiro atoms. The summed E-state index contributed by atoms with van der Waals surface area (Å²) in [4.78, 5) is 26.1. The Morgan fingerprint density at radius 3 is 2.20 bits per heavy atom. The van der Waals surface area contributed by atoms with Gasteiger partial charge in [-0.2, -0.15) is 0 Å². The summed E-state index contributed by atoms with van der Waals surface area (Å²) < 4.78 is 0. The second kappa shape index (κ2) is 9.84. The molecule has 2 fully saturated rings. The third kappa shape index (κ3) is 4.87. The van der Waals surface area contributed by atoms with Gasteiger partial charge in [0, 0.05) is 65.1 Å². The van der Waals surface area contributed by atoms with E-state index in [0.717, 1.165) is 58.3 Å². The molecule has 160 valence electrons. The molecule has 0 saturated carbocycles. The van der Waals surface area contributed by atoms with Crippen LogP contribution in [0.3, 0.4) is 0 Å². The van der Waals surface area contributed by atoms with E-state index in [9.17, 15) is 4.79 Å². The van der Waals surface area contributed by atoms with Gasteiger partial charge < -0.3 is 24.9 Å². The summed E-state index contributed by atoms with van der Waals surface area (Å²) in [6.07, 6.45) is 0. The van der Waals surface area contributed by atoms with E-state index in [0.29, 0.717) is 6.54 Å². The molecule has 2 saturated heterocycles. The monoisotopic (exact) mass is 426 g/mol. The highest BCUT2D eigenvalue weighted by molar-refractivity contribution is 7.14. The van der Waals surface area contributed by atoms with Crippen LogP contribution in [0.15, 0.2) is 52.8 Å². The van der Waals surface area contributed by atoms with E-state index in [-0.39, 0.29) is 5.91 Å². The fourth-order valence-corrected chi connectivity index (χ4v) is 4.83. The summed E-state index contributed by atoms with van der Waals surface area (Å²) in [5, 5.41) is 6.72. The fraction of sp³-hybridized carbons (Fsp3) is 0.455. The third-order valence-electron chi connectivity index (χ3n) is 5.76. The Morgan fingerprint density at radius 2 is 1.57 bits per heavy atom. The number of thiophene rings is 1. The smallest absolute Gasteiger partial charge is 0.242 e. The number of amides is 1. The molecule has 2 aliphatic heterocycles. The van der Waals surface area contributed by atoms with Crippen molar-refractivity contribution >= 4 is 33.9 Å². The van der Waals surface area contributed by atoms with Gasteiger partial charge in [-0.1, -0.05) is 18.2 Å². The Hall–Kier alpha value is -2.74. The first kappa shape index (κ1) is 20.5. The number of rotatable bonds is 4. The van der Waals surface area contributed by atoms with Gasteiger partial charge in [0.25, 0.3) is 0 Å². The van der Waals surface area contributed by atoms with Crippen molar-refractivity contribution in [1.29, 1.82) is 0 Å². The van der Waals surface area contributed by atoms with Crippen molar-refractivity contribution in [2.75, 3.05) is 75.8 Å². The summed E-state index contributed by atoms with van der Waals surface area (Å²) in [6, 6.07) is 14.7. The maximum atomic E-state index is 12.7. The van der Waals surface area contributed by atoms with Gasteiger partial charge in [0.1, 0.15) is 0 Å². The number of para-hydroxylation sites is 1. The first-order valence-corrected chi connectivity index (χ1v) is 11.4. The fourth-order valence-electron chi connectivity index (χ4n) is 4.04. The topological polar surface area (TPSA) is 54.4 Å². The van der Waals surface area contributed by atoms with E-state index in [2.05, 4.69) is 66.8 Å². The normalized spacial score (nSPS) is 18.0. The van der Waals surface area contributed by atoms with E-state index in [4.69, 9.17) is 0 Å². The molecule has 2 aromatic rings. The second-order valence-electron chi connectivity index (χ2n) is 7.53. The van der Waals surface area contributed by atoms with Crippen LogP contribution in [-0.4, -0.2) is 87.6 Å². The van der Waals surface area contributed by atoms with Gasteiger partial charge in [-0.05, 0) is 29.6 Å². The number of hydrogen-bond donors (Lipinski definition) is 1. The molecule has 0 atom stereocenters. The molecule has 0 bridgehead atoms. The molecule has 8 heteroatoms. The predicted molar refractivity (Wildman–Crippen MR) is 125 cm³/mol. The van der Waals surface area contributed by atoms with E-state index in [1.54, 1.807) is 18.4 Å². The molecule has 7 nitrogen and oxygen atoms in total. The number of anilines is 2. The van der Waals surface area contributed by atoms with Crippen LogP contribution in [0.5, 0.6) is 0 Å². The van der Waals surface area contributed by atoms with Crippen LogP contribution < -0.4 is 15.1 Å². The summed E-state index contributed by atoms with van der Waals surface area (Å²) in [6.45, 7) is 7.30. The molecule has 0 unspecified atom stereocenters. The number of hydrogen-bond acceptors (Lipinski definition) is 5. The Morgan fingerprint density at radius 1 is 0.900 bits per heavy atom. The van der Waals surface area contributed by atoms with Gasteiger partial charge in [0.2, 0.25) is 5.91 Å². The standard InChI is InChI=1S/C22H30N6OS/c1-23-22(28-15-13-27(14-16-28)21-8-5-17-30-21)24-18-20(29)26-11-9-25(10-12-26)19-6-3-2-4-7-19/h2-8,17H,9-16,18H2,1H3,(H,23,24). The predicted octanol–water partition coefficient (Wildman–Crippen LogP) is 1.79. The third-order valence-corrected chi connectivity index (χ3v) is 6.69.